The highest BCUT2D eigenvalue weighted by molar-refractivity contribution is 6.06. The summed E-state index contributed by atoms with van der Waals surface area (Å²) in [4.78, 5) is 31.3. The number of carbonyl (C=O) groups excluding carboxylic acids is 2. The Bertz CT molecular complexity index is 883. The lowest BCUT2D eigenvalue weighted by atomic mass is 9.85. The quantitative estimate of drug-likeness (QED) is 0.762. The fourth-order valence-electron chi connectivity index (χ4n) is 4.47. The van der Waals surface area contributed by atoms with Crippen molar-refractivity contribution in [2.75, 3.05) is 20.1 Å². The number of rotatable bonds is 4. The minimum absolute atomic E-state index is 0.0642. The summed E-state index contributed by atoms with van der Waals surface area (Å²) in [6, 6.07) is 9.71. The predicted octanol–water partition coefficient (Wildman–Crippen LogP) is 2.16. The molecule has 2 aromatic rings. The number of urea groups is 1. The Hall–Kier alpha value is -2.67. The van der Waals surface area contributed by atoms with Crippen LogP contribution in [0.2, 0.25) is 0 Å². The first-order valence-corrected chi connectivity index (χ1v) is 9.76. The Kier molecular flexibility index (Phi) is 4.71. The van der Waals surface area contributed by atoms with Crippen molar-refractivity contribution in [2.24, 2.45) is 7.05 Å². The molecule has 3 heterocycles. The van der Waals surface area contributed by atoms with E-state index in [0.29, 0.717) is 19.4 Å². The Morgan fingerprint density at radius 3 is 2.32 bits per heavy atom. The summed E-state index contributed by atoms with van der Waals surface area (Å²) in [5.41, 5.74) is 2.58. The highest BCUT2D eigenvalue weighted by Gasteiger charge is 2.56. The average molecular weight is 381 g/mol. The van der Waals surface area contributed by atoms with E-state index in [9.17, 15) is 9.59 Å². The molecule has 1 aromatic heterocycles. The summed E-state index contributed by atoms with van der Waals surface area (Å²) in [6.45, 7) is 4.89. The smallest absolute Gasteiger partial charge is 0.305 e. The normalized spacial score (nSPS) is 19.8. The van der Waals surface area contributed by atoms with Crippen LogP contribution in [0, 0.1) is 6.92 Å². The monoisotopic (exact) mass is 381 g/mol. The zero-order chi connectivity index (χ0) is 19.9. The third kappa shape index (κ3) is 3.09. The number of amides is 3. The maximum Gasteiger partial charge on any atom is 0.327 e. The van der Waals surface area contributed by atoms with E-state index < -0.39 is 5.54 Å². The zero-order valence-electron chi connectivity index (χ0n) is 16.8. The van der Waals surface area contributed by atoms with Crippen LogP contribution in [0.15, 0.2) is 36.5 Å². The number of piperidine rings is 1. The van der Waals surface area contributed by atoms with Gasteiger partial charge in [-0.05, 0) is 25.3 Å². The number of likely N-dealkylation sites (tertiary alicyclic amines) is 1. The molecule has 2 saturated heterocycles. The Morgan fingerprint density at radius 2 is 1.71 bits per heavy atom. The number of likely N-dealkylation sites (N-methyl/N-ethyl adjacent to an activating group) is 1. The van der Waals surface area contributed by atoms with Gasteiger partial charge in [0.15, 0.2) is 0 Å². The number of aryl methyl sites for hydroxylation is 2. The maximum absolute atomic E-state index is 13.0. The van der Waals surface area contributed by atoms with Crippen molar-refractivity contribution in [1.82, 2.24) is 24.5 Å². The lowest BCUT2D eigenvalue weighted by Crippen LogP contribution is -2.56. The second kappa shape index (κ2) is 7.05. The summed E-state index contributed by atoms with van der Waals surface area (Å²) in [5.74, 6) is -0.0642. The fraction of sp³-hybridized carbons (Fsp3) is 0.476. The van der Waals surface area contributed by atoms with E-state index in [2.05, 4.69) is 16.2 Å². The topological polar surface area (TPSA) is 61.7 Å². The van der Waals surface area contributed by atoms with Gasteiger partial charge in [-0.15, -0.1) is 0 Å². The molecule has 0 N–H and O–H groups in total. The van der Waals surface area contributed by atoms with Gasteiger partial charge >= 0.3 is 6.03 Å². The predicted molar refractivity (Wildman–Crippen MR) is 105 cm³/mol. The molecule has 3 amide bonds. The van der Waals surface area contributed by atoms with Crippen molar-refractivity contribution in [1.29, 1.82) is 0 Å². The van der Waals surface area contributed by atoms with Gasteiger partial charge in [0, 0.05) is 52.0 Å². The van der Waals surface area contributed by atoms with Gasteiger partial charge < -0.3 is 4.90 Å². The van der Waals surface area contributed by atoms with Crippen LogP contribution in [0.1, 0.15) is 29.7 Å². The van der Waals surface area contributed by atoms with Crippen LogP contribution in [0.5, 0.6) is 0 Å². The molecule has 28 heavy (non-hydrogen) atoms. The molecule has 0 bridgehead atoms. The molecule has 7 heteroatoms. The van der Waals surface area contributed by atoms with Crippen LogP contribution < -0.4 is 0 Å². The molecule has 2 fully saturated rings. The van der Waals surface area contributed by atoms with Gasteiger partial charge in [-0.25, -0.2) is 4.79 Å². The van der Waals surface area contributed by atoms with E-state index in [1.54, 1.807) is 11.9 Å². The lowest BCUT2D eigenvalue weighted by Gasteiger charge is -2.42. The number of benzene rings is 1. The molecule has 0 aliphatic carbocycles. The van der Waals surface area contributed by atoms with Crippen molar-refractivity contribution in [3.8, 4) is 0 Å². The van der Waals surface area contributed by atoms with Gasteiger partial charge in [0.25, 0.3) is 5.91 Å². The van der Waals surface area contributed by atoms with E-state index in [4.69, 9.17) is 0 Å². The molecule has 7 nitrogen and oxygen atoms in total. The van der Waals surface area contributed by atoms with Crippen LogP contribution in [0.25, 0.3) is 0 Å². The number of aromatic nitrogens is 2. The van der Waals surface area contributed by atoms with Gasteiger partial charge in [0.1, 0.15) is 5.54 Å². The van der Waals surface area contributed by atoms with E-state index >= 15 is 0 Å². The minimum Gasteiger partial charge on any atom is -0.305 e. The highest BCUT2D eigenvalue weighted by Crippen LogP contribution is 2.38. The fourth-order valence-corrected chi connectivity index (χ4v) is 4.47. The third-order valence-electron chi connectivity index (χ3n) is 6.11. The summed E-state index contributed by atoms with van der Waals surface area (Å²) in [6.07, 6.45) is 3.38. The van der Waals surface area contributed by atoms with E-state index in [-0.39, 0.29) is 11.9 Å². The number of nitrogens with zero attached hydrogens (tertiary/aromatic N) is 5. The van der Waals surface area contributed by atoms with E-state index in [1.165, 1.54) is 10.5 Å². The standard InChI is InChI=1S/C21H27N5O2/c1-16-18(14-23(2)22-16)15-25-11-9-21(10-12-25)19(27)24(3)20(28)26(21)13-17-7-5-4-6-8-17/h4-8,14H,9-13,15H2,1-3H3. The van der Waals surface area contributed by atoms with Crippen molar-refractivity contribution in [2.45, 2.75) is 38.4 Å². The van der Waals surface area contributed by atoms with E-state index in [1.807, 2.05) is 49.0 Å². The molecule has 0 atom stereocenters. The van der Waals surface area contributed by atoms with Crippen molar-refractivity contribution < 1.29 is 9.59 Å². The maximum atomic E-state index is 13.0. The Balaban J connectivity index is 1.51. The molecule has 2 aliphatic rings. The summed E-state index contributed by atoms with van der Waals surface area (Å²) in [5, 5.41) is 4.41. The number of carbonyl (C=O) groups is 2. The molecule has 2 aliphatic heterocycles. The first-order valence-electron chi connectivity index (χ1n) is 9.76. The second-order valence-corrected chi connectivity index (χ2v) is 7.94. The van der Waals surface area contributed by atoms with E-state index in [0.717, 1.165) is 30.9 Å². The Labute approximate surface area is 165 Å². The highest BCUT2D eigenvalue weighted by atomic mass is 16.2. The number of hydrogen-bond donors (Lipinski definition) is 0. The molecule has 0 unspecified atom stereocenters. The molecular weight excluding hydrogens is 354 g/mol. The van der Waals surface area contributed by atoms with Gasteiger partial charge in [-0.2, -0.15) is 5.10 Å². The van der Waals surface area contributed by atoms with Crippen LogP contribution in [0.4, 0.5) is 4.79 Å². The third-order valence-corrected chi connectivity index (χ3v) is 6.11. The molecule has 148 valence electrons. The van der Waals surface area contributed by atoms with Crippen LogP contribution in [-0.4, -0.2) is 62.1 Å². The Morgan fingerprint density at radius 1 is 1.04 bits per heavy atom. The largest absolute Gasteiger partial charge is 0.327 e. The average Bonchev–Trinajstić information content (AvgIpc) is 3.09. The van der Waals surface area contributed by atoms with Gasteiger partial charge in [0.2, 0.25) is 0 Å². The molecule has 0 radical (unpaired) electrons. The van der Waals surface area contributed by atoms with Gasteiger partial charge in [-0.1, -0.05) is 30.3 Å². The molecule has 1 aromatic carbocycles. The molecule has 1 spiro atoms. The minimum atomic E-state index is -0.720. The molecule has 4 rings (SSSR count). The van der Waals surface area contributed by atoms with Crippen molar-refractivity contribution in [3.05, 3.63) is 53.3 Å². The zero-order valence-corrected chi connectivity index (χ0v) is 16.8. The molecule has 0 saturated carbocycles. The van der Waals surface area contributed by atoms with Gasteiger partial charge in [0.05, 0.1) is 5.69 Å². The summed E-state index contributed by atoms with van der Waals surface area (Å²) in [7, 11) is 3.53. The SMILES string of the molecule is Cc1nn(C)cc1CN1CCC2(CC1)C(=O)N(C)C(=O)N2Cc1ccccc1. The first kappa shape index (κ1) is 18.7. The number of hydrogen-bond acceptors (Lipinski definition) is 4. The second-order valence-electron chi connectivity index (χ2n) is 7.94. The summed E-state index contributed by atoms with van der Waals surface area (Å²) >= 11 is 0. The molecular formula is C21H27N5O2. The van der Waals surface area contributed by atoms with Crippen LogP contribution >= 0.6 is 0 Å². The summed E-state index contributed by atoms with van der Waals surface area (Å²) < 4.78 is 1.84. The van der Waals surface area contributed by atoms with Crippen molar-refractivity contribution in [3.63, 3.8) is 0 Å². The van der Waals surface area contributed by atoms with Crippen LogP contribution in [-0.2, 0) is 24.9 Å². The first-order chi connectivity index (χ1) is 13.4. The van der Waals surface area contributed by atoms with Gasteiger partial charge in [-0.3, -0.25) is 19.3 Å². The lowest BCUT2D eigenvalue weighted by molar-refractivity contribution is -0.135. The van der Waals surface area contributed by atoms with Crippen molar-refractivity contribution >= 4 is 11.9 Å². The number of imide groups is 1. The van der Waals surface area contributed by atoms with Crippen LogP contribution in [0.3, 0.4) is 0 Å².